The summed E-state index contributed by atoms with van der Waals surface area (Å²) in [7, 11) is -0.295. The standard InChI is InChI=1S/C19H24N2O5S/c1-5-21(27(23,24)6-2)16-10-7-14(8-11-16)19(22)20-15-9-12-17(25-3)18(13-15)26-4/h7-13H,5-6H2,1-4H3,(H,20,22). The van der Waals surface area contributed by atoms with E-state index >= 15 is 0 Å². The lowest BCUT2D eigenvalue weighted by Gasteiger charge is -2.22. The van der Waals surface area contributed by atoms with Gasteiger partial charge in [0.15, 0.2) is 11.5 Å². The maximum atomic E-state index is 12.5. The number of carbonyl (C=O) groups is 1. The van der Waals surface area contributed by atoms with Crippen molar-refractivity contribution < 1.29 is 22.7 Å². The Morgan fingerprint density at radius 3 is 2.15 bits per heavy atom. The van der Waals surface area contributed by atoms with Crippen molar-refractivity contribution in [3.8, 4) is 11.5 Å². The van der Waals surface area contributed by atoms with Gasteiger partial charge in [0.1, 0.15) is 0 Å². The smallest absolute Gasteiger partial charge is 0.255 e. The van der Waals surface area contributed by atoms with Crippen molar-refractivity contribution >= 4 is 27.3 Å². The van der Waals surface area contributed by atoms with Crippen LogP contribution < -0.4 is 19.1 Å². The first-order valence-corrected chi connectivity index (χ1v) is 10.1. The van der Waals surface area contributed by atoms with Gasteiger partial charge in [0, 0.05) is 23.9 Å². The van der Waals surface area contributed by atoms with E-state index in [4.69, 9.17) is 9.47 Å². The predicted octanol–water partition coefficient (Wildman–Crippen LogP) is 3.13. The van der Waals surface area contributed by atoms with Gasteiger partial charge < -0.3 is 14.8 Å². The third-order valence-electron chi connectivity index (χ3n) is 4.05. The first-order chi connectivity index (χ1) is 12.9. The molecule has 0 aromatic heterocycles. The van der Waals surface area contributed by atoms with Gasteiger partial charge in [0.25, 0.3) is 5.91 Å². The second kappa shape index (κ2) is 8.77. The molecule has 0 aliphatic carbocycles. The molecule has 0 saturated carbocycles. The zero-order valence-corrected chi connectivity index (χ0v) is 16.7. The van der Waals surface area contributed by atoms with Crippen LogP contribution in [-0.2, 0) is 10.0 Å². The highest BCUT2D eigenvalue weighted by molar-refractivity contribution is 7.92. The number of amides is 1. The minimum absolute atomic E-state index is 0.0163. The van der Waals surface area contributed by atoms with Crippen LogP contribution in [0.15, 0.2) is 42.5 Å². The van der Waals surface area contributed by atoms with E-state index in [1.165, 1.54) is 18.5 Å². The fraction of sp³-hybridized carbons (Fsp3) is 0.316. The van der Waals surface area contributed by atoms with Crippen molar-refractivity contribution in [2.45, 2.75) is 13.8 Å². The van der Waals surface area contributed by atoms with Crippen LogP contribution in [0.5, 0.6) is 11.5 Å². The molecule has 2 aromatic carbocycles. The molecule has 1 N–H and O–H groups in total. The average Bonchev–Trinajstić information content (AvgIpc) is 2.68. The molecule has 0 radical (unpaired) electrons. The van der Waals surface area contributed by atoms with Crippen molar-refractivity contribution in [3.63, 3.8) is 0 Å². The van der Waals surface area contributed by atoms with Crippen LogP contribution >= 0.6 is 0 Å². The van der Waals surface area contributed by atoms with E-state index in [1.807, 2.05) is 0 Å². The quantitative estimate of drug-likeness (QED) is 0.746. The number of nitrogens with zero attached hydrogens (tertiary/aromatic N) is 1. The molecule has 2 aromatic rings. The highest BCUT2D eigenvalue weighted by Crippen LogP contribution is 2.30. The van der Waals surface area contributed by atoms with Gasteiger partial charge >= 0.3 is 0 Å². The monoisotopic (exact) mass is 392 g/mol. The number of rotatable bonds is 8. The number of nitrogens with one attached hydrogen (secondary N) is 1. The third-order valence-corrected chi connectivity index (χ3v) is 5.92. The predicted molar refractivity (Wildman–Crippen MR) is 106 cm³/mol. The molecule has 0 atom stereocenters. The van der Waals surface area contributed by atoms with Crippen LogP contribution in [-0.4, -0.2) is 40.8 Å². The molecule has 2 rings (SSSR count). The van der Waals surface area contributed by atoms with Crippen LogP contribution in [0.3, 0.4) is 0 Å². The van der Waals surface area contributed by atoms with E-state index in [0.29, 0.717) is 35.0 Å². The molecule has 27 heavy (non-hydrogen) atoms. The molecule has 0 bridgehead atoms. The SMILES string of the molecule is CCN(c1ccc(C(=O)Nc2ccc(OC)c(OC)c2)cc1)S(=O)(=O)CC. The van der Waals surface area contributed by atoms with E-state index in [0.717, 1.165) is 0 Å². The average molecular weight is 392 g/mol. The maximum Gasteiger partial charge on any atom is 0.255 e. The summed E-state index contributed by atoms with van der Waals surface area (Å²) in [6.45, 7) is 3.70. The first kappa shape index (κ1) is 20.6. The Morgan fingerprint density at radius 1 is 1.00 bits per heavy atom. The lowest BCUT2D eigenvalue weighted by molar-refractivity contribution is 0.102. The summed E-state index contributed by atoms with van der Waals surface area (Å²) in [5, 5.41) is 2.78. The summed E-state index contributed by atoms with van der Waals surface area (Å²) in [6, 6.07) is 11.5. The Morgan fingerprint density at radius 2 is 1.63 bits per heavy atom. The Balaban J connectivity index is 2.18. The number of methoxy groups -OCH3 is 2. The van der Waals surface area contributed by atoms with Crippen LogP contribution in [0, 0.1) is 0 Å². The van der Waals surface area contributed by atoms with Crippen molar-refractivity contribution in [1.29, 1.82) is 0 Å². The highest BCUT2D eigenvalue weighted by Gasteiger charge is 2.19. The minimum atomic E-state index is -3.35. The molecule has 0 aliphatic heterocycles. The molecule has 0 unspecified atom stereocenters. The Kier molecular flexibility index (Phi) is 6.68. The molecule has 0 saturated heterocycles. The van der Waals surface area contributed by atoms with Gasteiger partial charge in [0.2, 0.25) is 10.0 Å². The third kappa shape index (κ3) is 4.71. The highest BCUT2D eigenvalue weighted by atomic mass is 32.2. The number of benzene rings is 2. The summed E-state index contributed by atoms with van der Waals surface area (Å²) in [5.41, 5.74) is 1.51. The van der Waals surface area contributed by atoms with Gasteiger partial charge in [-0.3, -0.25) is 9.10 Å². The fourth-order valence-electron chi connectivity index (χ4n) is 2.59. The second-order valence-corrected chi connectivity index (χ2v) is 7.82. The summed E-state index contributed by atoms with van der Waals surface area (Å²) >= 11 is 0. The van der Waals surface area contributed by atoms with E-state index in [-0.39, 0.29) is 11.7 Å². The topological polar surface area (TPSA) is 84.9 Å². The summed E-state index contributed by atoms with van der Waals surface area (Å²) in [5.74, 6) is 0.781. The largest absolute Gasteiger partial charge is 0.493 e. The molecule has 7 nitrogen and oxygen atoms in total. The molecule has 0 spiro atoms. The molecule has 0 heterocycles. The van der Waals surface area contributed by atoms with Crippen molar-refractivity contribution in [1.82, 2.24) is 0 Å². The van der Waals surface area contributed by atoms with Crippen molar-refractivity contribution in [3.05, 3.63) is 48.0 Å². The summed E-state index contributed by atoms with van der Waals surface area (Å²) in [6.07, 6.45) is 0. The lowest BCUT2D eigenvalue weighted by Crippen LogP contribution is -2.32. The Labute approximate surface area is 160 Å². The number of sulfonamides is 1. The minimum Gasteiger partial charge on any atom is -0.493 e. The van der Waals surface area contributed by atoms with Gasteiger partial charge in [0.05, 0.1) is 25.7 Å². The second-order valence-electron chi connectivity index (χ2n) is 5.64. The number of carbonyl (C=O) groups excluding carboxylic acids is 1. The Bertz CT molecular complexity index is 895. The normalized spacial score (nSPS) is 11.0. The van der Waals surface area contributed by atoms with Gasteiger partial charge in [-0.1, -0.05) is 0 Å². The molecule has 1 amide bonds. The van der Waals surface area contributed by atoms with Gasteiger partial charge in [-0.05, 0) is 50.2 Å². The van der Waals surface area contributed by atoms with Gasteiger partial charge in [-0.2, -0.15) is 0 Å². The van der Waals surface area contributed by atoms with Crippen molar-refractivity contribution in [2.24, 2.45) is 0 Å². The van der Waals surface area contributed by atoms with E-state index in [9.17, 15) is 13.2 Å². The number of hydrogen-bond donors (Lipinski definition) is 1. The number of ether oxygens (including phenoxy) is 2. The molecular weight excluding hydrogens is 368 g/mol. The van der Waals surface area contributed by atoms with Gasteiger partial charge in [-0.15, -0.1) is 0 Å². The maximum absolute atomic E-state index is 12.5. The lowest BCUT2D eigenvalue weighted by atomic mass is 10.2. The molecular formula is C19H24N2O5S. The first-order valence-electron chi connectivity index (χ1n) is 8.50. The molecule has 0 fully saturated rings. The molecule has 0 aliphatic rings. The summed E-state index contributed by atoms with van der Waals surface area (Å²) < 4.78 is 36.0. The van der Waals surface area contributed by atoms with E-state index in [1.54, 1.807) is 56.3 Å². The zero-order valence-electron chi connectivity index (χ0n) is 15.9. The van der Waals surface area contributed by atoms with E-state index in [2.05, 4.69) is 5.32 Å². The molecule has 8 heteroatoms. The van der Waals surface area contributed by atoms with E-state index < -0.39 is 10.0 Å². The Hall–Kier alpha value is -2.74. The van der Waals surface area contributed by atoms with Crippen LogP contribution in [0.2, 0.25) is 0 Å². The van der Waals surface area contributed by atoms with Crippen LogP contribution in [0.1, 0.15) is 24.2 Å². The molecule has 146 valence electrons. The number of hydrogen-bond acceptors (Lipinski definition) is 5. The fourth-order valence-corrected chi connectivity index (χ4v) is 3.74. The van der Waals surface area contributed by atoms with Gasteiger partial charge in [-0.25, -0.2) is 8.42 Å². The zero-order chi connectivity index (χ0) is 20.0. The van der Waals surface area contributed by atoms with Crippen LogP contribution in [0.4, 0.5) is 11.4 Å². The van der Waals surface area contributed by atoms with Crippen LogP contribution in [0.25, 0.3) is 0 Å². The van der Waals surface area contributed by atoms with Crippen molar-refractivity contribution in [2.75, 3.05) is 36.1 Å². The number of anilines is 2. The summed E-state index contributed by atoms with van der Waals surface area (Å²) in [4.78, 5) is 12.5.